The van der Waals surface area contributed by atoms with Crippen molar-refractivity contribution in [1.82, 2.24) is 14.8 Å². The maximum Gasteiger partial charge on any atom is 0.256 e. The summed E-state index contributed by atoms with van der Waals surface area (Å²) in [6.07, 6.45) is 1.44. The van der Waals surface area contributed by atoms with Gasteiger partial charge in [0.1, 0.15) is 0 Å². The van der Waals surface area contributed by atoms with Gasteiger partial charge in [-0.15, -0.1) is 0 Å². The van der Waals surface area contributed by atoms with E-state index in [0.29, 0.717) is 29.4 Å². The summed E-state index contributed by atoms with van der Waals surface area (Å²) in [5.41, 5.74) is 0.169. The van der Waals surface area contributed by atoms with E-state index in [1.807, 2.05) is 6.92 Å². The van der Waals surface area contributed by atoms with Gasteiger partial charge in [0.15, 0.2) is 9.84 Å². The quantitative estimate of drug-likeness (QED) is 0.824. The van der Waals surface area contributed by atoms with Crippen molar-refractivity contribution in [3.8, 4) is 0 Å². The fourth-order valence-corrected chi connectivity index (χ4v) is 6.22. The number of aromatic nitrogens is 1. The van der Waals surface area contributed by atoms with Crippen LogP contribution in [0.5, 0.6) is 0 Å². The third kappa shape index (κ3) is 2.73. The number of nitrogens with one attached hydrogen (secondary N) is 1. The highest BCUT2D eigenvalue weighted by molar-refractivity contribution is 7.91. The molecule has 0 bridgehead atoms. The average Bonchev–Trinajstić information content (AvgIpc) is 2.96. The van der Waals surface area contributed by atoms with Crippen LogP contribution in [0.2, 0.25) is 0 Å². The number of rotatable bonds is 2. The van der Waals surface area contributed by atoms with Crippen molar-refractivity contribution in [3.63, 3.8) is 0 Å². The molecule has 8 heteroatoms. The smallest absolute Gasteiger partial charge is 0.256 e. The van der Waals surface area contributed by atoms with Crippen molar-refractivity contribution in [2.75, 3.05) is 31.1 Å². The summed E-state index contributed by atoms with van der Waals surface area (Å²) in [7, 11) is -3.16. The predicted molar refractivity (Wildman–Crippen MR) is 99.1 cm³/mol. The van der Waals surface area contributed by atoms with E-state index < -0.39 is 9.84 Å². The van der Waals surface area contributed by atoms with Gasteiger partial charge in [0.05, 0.1) is 23.1 Å². The number of nitrogens with zero attached hydrogens (tertiary/aromatic N) is 2. The molecule has 26 heavy (non-hydrogen) atoms. The number of hydrogen-bond donors (Lipinski definition) is 1. The number of benzene rings is 1. The number of H-pyrrole nitrogens is 1. The number of piperazine rings is 1. The van der Waals surface area contributed by atoms with Crippen LogP contribution in [-0.4, -0.2) is 72.3 Å². The summed E-state index contributed by atoms with van der Waals surface area (Å²) in [5, 5.41) is 1.05. The minimum atomic E-state index is -3.16. The molecule has 2 saturated heterocycles. The number of carbonyl (C=O) groups is 1. The highest BCUT2D eigenvalue weighted by atomic mass is 32.2. The van der Waals surface area contributed by atoms with E-state index in [2.05, 4.69) is 9.88 Å². The molecular formula is C18H21N3O4S. The molecule has 0 radical (unpaired) electrons. The number of carbonyl (C=O) groups excluding carboxylic acids is 1. The zero-order valence-corrected chi connectivity index (χ0v) is 15.3. The lowest BCUT2D eigenvalue weighted by molar-refractivity contribution is 0.0351. The number of pyridine rings is 1. The summed E-state index contributed by atoms with van der Waals surface area (Å²) in [5.74, 6) is -0.122. The SMILES string of the molecule is CCN1CCN(C(=O)c2c[nH]c(=O)c3ccccc23)[C@@H]2CS(=O)(=O)C[C@@H]21. The average molecular weight is 375 g/mol. The van der Waals surface area contributed by atoms with Crippen LogP contribution in [-0.2, 0) is 9.84 Å². The first-order valence-electron chi connectivity index (χ1n) is 8.77. The Morgan fingerprint density at radius 1 is 1.15 bits per heavy atom. The van der Waals surface area contributed by atoms with Crippen LogP contribution >= 0.6 is 0 Å². The molecule has 2 fully saturated rings. The zero-order chi connectivity index (χ0) is 18.5. The normalized spacial score (nSPS) is 25.3. The monoisotopic (exact) mass is 375 g/mol. The minimum Gasteiger partial charge on any atom is -0.332 e. The molecule has 7 nitrogen and oxygen atoms in total. The molecule has 4 rings (SSSR count). The van der Waals surface area contributed by atoms with E-state index in [4.69, 9.17) is 0 Å². The van der Waals surface area contributed by atoms with Crippen molar-refractivity contribution >= 4 is 26.5 Å². The molecule has 2 aliphatic rings. The van der Waals surface area contributed by atoms with Crippen molar-refractivity contribution in [2.45, 2.75) is 19.0 Å². The highest BCUT2D eigenvalue weighted by Crippen LogP contribution is 2.29. The van der Waals surface area contributed by atoms with Gasteiger partial charge in [-0.3, -0.25) is 14.5 Å². The van der Waals surface area contributed by atoms with Gasteiger partial charge in [-0.05, 0) is 12.6 Å². The third-order valence-electron chi connectivity index (χ3n) is 5.50. The second-order valence-electron chi connectivity index (χ2n) is 6.92. The van der Waals surface area contributed by atoms with Crippen LogP contribution in [0.25, 0.3) is 10.8 Å². The van der Waals surface area contributed by atoms with Crippen LogP contribution in [0.1, 0.15) is 17.3 Å². The summed E-state index contributed by atoms with van der Waals surface area (Å²) in [4.78, 5) is 31.7. The number of fused-ring (bicyclic) bond motifs is 2. The molecule has 0 aliphatic carbocycles. The lowest BCUT2D eigenvalue weighted by atomic mass is 10.0. The van der Waals surface area contributed by atoms with Gasteiger partial charge >= 0.3 is 0 Å². The van der Waals surface area contributed by atoms with Crippen molar-refractivity contribution < 1.29 is 13.2 Å². The first-order chi connectivity index (χ1) is 12.4. The molecule has 1 aromatic carbocycles. The van der Waals surface area contributed by atoms with Gasteiger partial charge < -0.3 is 9.88 Å². The Kier molecular flexibility index (Phi) is 4.11. The van der Waals surface area contributed by atoms with Gasteiger partial charge in [0.25, 0.3) is 11.5 Å². The molecule has 1 amide bonds. The van der Waals surface area contributed by atoms with Crippen LogP contribution in [0.3, 0.4) is 0 Å². The molecule has 2 aliphatic heterocycles. The zero-order valence-electron chi connectivity index (χ0n) is 14.5. The number of hydrogen-bond acceptors (Lipinski definition) is 5. The van der Waals surface area contributed by atoms with Crippen molar-refractivity contribution in [3.05, 3.63) is 46.4 Å². The second kappa shape index (κ2) is 6.21. The van der Waals surface area contributed by atoms with E-state index in [0.717, 1.165) is 6.54 Å². The Hall–Kier alpha value is -2.19. The van der Waals surface area contributed by atoms with Crippen molar-refractivity contribution in [1.29, 1.82) is 0 Å². The number of sulfone groups is 1. The molecule has 1 aromatic heterocycles. The summed E-state index contributed by atoms with van der Waals surface area (Å²) in [6, 6.07) is 6.48. The molecule has 1 N–H and O–H groups in total. The van der Waals surface area contributed by atoms with Gasteiger partial charge in [-0.1, -0.05) is 25.1 Å². The Bertz CT molecular complexity index is 1030. The fourth-order valence-electron chi connectivity index (χ4n) is 4.21. The van der Waals surface area contributed by atoms with E-state index in [-0.39, 0.29) is 35.1 Å². The standard InChI is InChI=1S/C18H21N3O4S/c1-2-20-7-8-21(16-11-26(24,25)10-15(16)20)18(23)14-9-19-17(22)13-6-4-3-5-12(13)14/h3-6,9,15-16H,2,7-8,10-11H2,1H3,(H,19,22)/t15-,16+/m0/s1. The summed E-state index contributed by atoms with van der Waals surface area (Å²) < 4.78 is 24.4. The van der Waals surface area contributed by atoms with Crippen LogP contribution < -0.4 is 5.56 Å². The number of aromatic amines is 1. The van der Waals surface area contributed by atoms with Crippen LogP contribution in [0, 0.1) is 0 Å². The van der Waals surface area contributed by atoms with Gasteiger partial charge in [0, 0.05) is 36.1 Å². The molecule has 2 aromatic rings. The molecule has 138 valence electrons. The summed E-state index contributed by atoms with van der Waals surface area (Å²) in [6.45, 7) is 3.91. The Balaban J connectivity index is 1.75. The molecule has 2 atom stereocenters. The van der Waals surface area contributed by atoms with Gasteiger partial charge in [-0.2, -0.15) is 0 Å². The van der Waals surface area contributed by atoms with E-state index >= 15 is 0 Å². The second-order valence-corrected chi connectivity index (χ2v) is 9.07. The molecule has 0 saturated carbocycles. The molecule has 0 spiro atoms. The Morgan fingerprint density at radius 2 is 1.85 bits per heavy atom. The topological polar surface area (TPSA) is 90.6 Å². The van der Waals surface area contributed by atoms with E-state index in [1.54, 1.807) is 29.2 Å². The van der Waals surface area contributed by atoms with Gasteiger partial charge in [-0.25, -0.2) is 8.42 Å². The Labute approximate surface area is 151 Å². The molecule has 0 unspecified atom stereocenters. The maximum absolute atomic E-state index is 13.3. The molecule has 3 heterocycles. The van der Waals surface area contributed by atoms with E-state index in [9.17, 15) is 18.0 Å². The predicted octanol–water partition coefficient (Wildman–Crippen LogP) is 0.471. The first kappa shape index (κ1) is 17.2. The minimum absolute atomic E-state index is 0.00118. The van der Waals surface area contributed by atoms with Crippen molar-refractivity contribution in [2.24, 2.45) is 0 Å². The lowest BCUT2D eigenvalue weighted by Gasteiger charge is -2.43. The third-order valence-corrected chi connectivity index (χ3v) is 7.20. The summed E-state index contributed by atoms with van der Waals surface area (Å²) >= 11 is 0. The number of amides is 1. The lowest BCUT2D eigenvalue weighted by Crippen LogP contribution is -2.60. The molecular weight excluding hydrogens is 354 g/mol. The van der Waals surface area contributed by atoms with E-state index in [1.165, 1.54) is 6.20 Å². The number of likely N-dealkylation sites (N-methyl/N-ethyl adjacent to an activating group) is 1. The fraction of sp³-hybridized carbons (Fsp3) is 0.444. The Morgan fingerprint density at radius 3 is 2.58 bits per heavy atom. The maximum atomic E-state index is 13.3. The highest BCUT2D eigenvalue weighted by Gasteiger charge is 2.47. The van der Waals surface area contributed by atoms with Gasteiger partial charge in [0.2, 0.25) is 0 Å². The largest absolute Gasteiger partial charge is 0.332 e. The van der Waals surface area contributed by atoms with Crippen LogP contribution in [0.4, 0.5) is 0 Å². The van der Waals surface area contributed by atoms with Crippen LogP contribution in [0.15, 0.2) is 35.3 Å². The first-order valence-corrected chi connectivity index (χ1v) is 10.6.